The average Bonchev–Trinajstić information content (AvgIpc) is 3.13. The first-order valence-electron chi connectivity index (χ1n) is 8.22. The Kier molecular flexibility index (Phi) is 5.88. The van der Waals surface area contributed by atoms with E-state index in [1.165, 1.54) is 19.2 Å². The van der Waals surface area contributed by atoms with Gasteiger partial charge in [-0.05, 0) is 35.2 Å². The van der Waals surface area contributed by atoms with Crippen LogP contribution in [0.2, 0.25) is 0 Å². The number of hydrogen-bond donors (Lipinski definition) is 1. The minimum Gasteiger partial charge on any atom is -0.391 e. The number of thioether (sulfide) groups is 1. The van der Waals surface area contributed by atoms with Gasteiger partial charge in [-0.25, -0.2) is 0 Å². The normalized spacial score (nSPS) is 17.8. The third-order valence-electron chi connectivity index (χ3n) is 4.22. The van der Waals surface area contributed by atoms with E-state index in [0.29, 0.717) is 5.56 Å². The Hall–Kier alpha value is -1.99. The van der Waals surface area contributed by atoms with Crippen LogP contribution in [0.3, 0.4) is 0 Å². The topological polar surface area (TPSA) is 33.6 Å². The second-order valence-corrected chi connectivity index (χ2v) is 7.14. The third kappa shape index (κ3) is 4.40. The van der Waals surface area contributed by atoms with Gasteiger partial charge in [0.05, 0.1) is 17.2 Å². The van der Waals surface area contributed by atoms with Crippen LogP contribution in [0.25, 0.3) is 0 Å². The van der Waals surface area contributed by atoms with Crippen molar-refractivity contribution in [2.45, 2.75) is 25.1 Å². The number of hydrogen-bond acceptors (Lipinski definition) is 4. The lowest BCUT2D eigenvalue weighted by atomic mass is 10.0. The number of benzene rings is 2. The molecule has 138 valence electrons. The van der Waals surface area contributed by atoms with E-state index in [-0.39, 0.29) is 17.5 Å². The molecule has 1 heterocycles. The summed E-state index contributed by atoms with van der Waals surface area (Å²) >= 11 is 1.84. The molecule has 1 unspecified atom stereocenters. The van der Waals surface area contributed by atoms with Crippen LogP contribution >= 0.6 is 11.8 Å². The molecular formula is C19H19F3N2OS. The smallest absolute Gasteiger partial charge is 0.391 e. The van der Waals surface area contributed by atoms with Crippen molar-refractivity contribution in [1.82, 2.24) is 5.32 Å². The minimum atomic E-state index is -4.38. The van der Waals surface area contributed by atoms with Crippen molar-refractivity contribution < 1.29 is 18.0 Å². The maximum absolute atomic E-state index is 12.9. The van der Waals surface area contributed by atoms with Crippen molar-refractivity contribution in [2.24, 2.45) is 5.16 Å². The molecule has 1 aliphatic rings. The molecule has 0 radical (unpaired) electrons. The standard InChI is InChI=1S/C19H19F3N2OS/c1-13-14(6-4-8-17(13)19(20,21)22)11-24-25-12-15-5-2-3-7-16(15)18-23-9-10-26-18/h2-8,11,18,23H,9-10,12H2,1H3. The zero-order valence-electron chi connectivity index (χ0n) is 14.2. The van der Waals surface area contributed by atoms with Crippen LogP contribution < -0.4 is 5.32 Å². The summed E-state index contributed by atoms with van der Waals surface area (Å²) in [5.41, 5.74) is 2.04. The van der Waals surface area contributed by atoms with Crippen molar-refractivity contribution in [3.8, 4) is 0 Å². The Morgan fingerprint density at radius 1 is 1.23 bits per heavy atom. The van der Waals surface area contributed by atoms with Gasteiger partial charge in [-0.1, -0.05) is 41.6 Å². The molecule has 1 fully saturated rings. The fourth-order valence-corrected chi connectivity index (χ4v) is 3.96. The molecule has 1 aliphatic heterocycles. The summed E-state index contributed by atoms with van der Waals surface area (Å²) < 4.78 is 38.8. The number of nitrogens with zero attached hydrogens (tertiary/aromatic N) is 1. The molecule has 0 aliphatic carbocycles. The molecule has 3 nitrogen and oxygen atoms in total. The Morgan fingerprint density at radius 2 is 2.04 bits per heavy atom. The van der Waals surface area contributed by atoms with Crippen LogP contribution in [0.1, 0.15) is 33.2 Å². The quantitative estimate of drug-likeness (QED) is 0.592. The lowest BCUT2D eigenvalue weighted by Gasteiger charge is -2.14. The van der Waals surface area contributed by atoms with Gasteiger partial charge in [0, 0.05) is 12.3 Å². The molecule has 0 spiro atoms. The number of oxime groups is 1. The summed E-state index contributed by atoms with van der Waals surface area (Å²) in [5.74, 6) is 1.06. The minimum absolute atomic E-state index is 0.138. The number of rotatable bonds is 5. The molecule has 0 bridgehead atoms. The first-order valence-corrected chi connectivity index (χ1v) is 9.26. The third-order valence-corrected chi connectivity index (χ3v) is 5.42. The fraction of sp³-hybridized carbons (Fsp3) is 0.316. The van der Waals surface area contributed by atoms with Gasteiger partial charge in [-0.15, -0.1) is 11.8 Å². The molecule has 0 saturated carbocycles. The zero-order chi connectivity index (χ0) is 18.6. The maximum atomic E-state index is 12.9. The molecule has 2 aromatic rings. The molecule has 7 heteroatoms. The number of alkyl halides is 3. The predicted molar refractivity (Wildman–Crippen MR) is 98.2 cm³/mol. The van der Waals surface area contributed by atoms with Crippen LogP contribution in [0.5, 0.6) is 0 Å². The maximum Gasteiger partial charge on any atom is 0.416 e. The van der Waals surface area contributed by atoms with Gasteiger partial charge in [0.1, 0.15) is 6.61 Å². The van der Waals surface area contributed by atoms with E-state index >= 15 is 0 Å². The number of halogens is 3. The fourth-order valence-electron chi connectivity index (χ4n) is 2.85. The van der Waals surface area contributed by atoms with E-state index in [4.69, 9.17) is 4.84 Å². The Morgan fingerprint density at radius 3 is 2.77 bits per heavy atom. The van der Waals surface area contributed by atoms with Crippen molar-refractivity contribution in [3.05, 3.63) is 70.3 Å². The van der Waals surface area contributed by atoms with Gasteiger partial charge in [0.25, 0.3) is 0 Å². The van der Waals surface area contributed by atoms with E-state index in [9.17, 15) is 13.2 Å². The van der Waals surface area contributed by atoms with Crippen LogP contribution in [-0.4, -0.2) is 18.5 Å². The highest BCUT2D eigenvalue weighted by Gasteiger charge is 2.32. The highest BCUT2D eigenvalue weighted by atomic mass is 32.2. The van der Waals surface area contributed by atoms with E-state index in [0.717, 1.165) is 29.5 Å². The highest BCUT2D eigenvalue weighted by Crippen LogP contribution is 2.33. The molecule has 2 aromatic carbocycles. The molecule has 1 atom stereocenters. The second kappa shape index (κ2) is 8.14. The lowest BCUT2D eigenvalue weighted by Crippen LogP contribution is -2.13. The molecule has 0 aromatic heterocycles. The van der Waals surface area contributed by atoms with Crippen molar-refractivity contribution in [3.63, 3.8) is 0 Å². The second-order valence-electron chi connectivity index (χ2n) is 5.93. The molecule has 26 heavy (non-hydrogen) atoms. The first-order chi connectivity index (χ1) is 12.5. The van der Waals surface area contributed by atoms with Gasteiger partial charge in [0.15, 0.2) is 0 Å². The van der Waals surface area contributed by atoms with Gasteiger partial charge in [-0.2, -0.15) is 13.2 Å². The molecule has 1 saturated heterocycles. The van der Waals surface area contributed by atoms with Crippen LogP contribution in [0, 0.1) is 6.92 Å². The SMILES string of the molecule is Cc1c(C=NOCc2ccccc2C2NCCS2)cccc1C(F)(F)F. The Bertz CT molecular complexity index is 787. The highest BCUT2D eigenvalue weighted by molar-refractivity contribution is 7.99. The van der Waals surface area contributed by atoms with Crippen LogP contribution in [0.15, 0.2) is 47.6 Å². The van der Waals surface area contributed by atoms with Gasteiger partial charge >= 0.3 is 6.18 Å². The largest absolute Gasteiger partial charge is 0.416 e. The van der Waals surface area contributed by atoms with Crippen molar-refractivity contribution in [2.75, 3.05) is 12.3 Å². The summed E-state index contributed by atoms with van der Waals surface area (Å²) in [6.45, 7) is 2.67. The Balaban J connectivity index is 1.68. The first kappa shape index (κ1) is 18.8. The molecule has 1 N–H and O–H groups in total. The molecule has 0 amide bonds. The average molecular weight is 380 g/mol. The van der Waals surface area contributed by atoms with Crippen molar-refractivity contribution >= 4 is 18.0 Å². The summed E-state index contributed by atoms with van der Waals surface area (Å²) in [7, 11) is 0. The zero-order valence-corrected chi connectivity index (χ0v) is 15.0. The van der Waals surface area contributed by atoms with E-state index < -0.39 is 11.7 Å². The van der Waals surface area contributed by atoms with Gasteiger partial charge in [-0.3, -0.25) is 0 Å². The summed E-state index contributed by atoms with van der Waals surface area (Å²) in [4.78, 5) is 5.36. The molecule has 3 rings (SSSR count). The lowest BCUT2D eigenvalue weighted by molar-refractivity contribution is -0.138. The number of nitrogens with one attached hydrogen (secondary N) is 1. The van der Waals surface area contributed by atoms with Crippen LogP contribution in [-0.2, 0) is 17.6 Å². The van der Waals surface area contributed by atoms with E-state index in [2.05, 4.69) is 16.5 Å². The van der Waals surface area contributed by atoms with Crippen molar-refractivity contribution in [1.29, 1.82) is 0 Å². The monoisotopic (exact) mass is 380 g/mol. The molecular weight excluding hydrogens is 361 g/mol. The van der Waals surface area contributed by atoms with E-state index in [1.807, 2.05) is 30.0 Å². The summed E-state index contributed by atoms with van der Waals surface area (Å²) in [5, 5.41) is 7.53. The van der Waals surface area contributed by atoms with Crippen LogP contribution in [0.4, 0.5) is 13.2 Å². The van der Waals surface area contributed by atoms with E-state index in [1.54, 1.807) is 6.07 Å². The summed E-state index contributed by atoms with van der Waals surface area (Å²) in [6.07, 6.45) is -3.05. The summed E-state index contributed by atoms with van der Waals surface area (Å²) in [6, 6.07) is 12.0. The predicted octanol–water partition coefficient (Wildman–Crippen LogP) is 4.90. The Labute approximate surface area is 154 Å². The van der Waals surface area contributed by atoms with Gasteiger partial charge < -0.3 is 10.2 Å². The van der Waals surface area contributed by atoms with Gasteiger partial charge in [0.2, 0.25) is 0 Å².